The average Bonchev–Trinajstić information content (AvgIpc) is 2.55. The van der Waals surface area contributed by atoms with Crippen molar-refractivity contribution in [2.24, 2.45) is 5.92 Å². The molecule has 1 aromatic rings. The molecule has 0 aliphatic rings. The zero-order valence-electron chi connectivity index (χ0n) is 13.9. The second kappa shape index (κ2) is 9.85. The Hall–Kier alpha value is -1.50. The summed E-state index contributed by atoms with van der Waals surface area (Å²) in [4.78, 5) is 35.7. The fourth-order valence-corrected chi connectivity index (χ4v) is 2.66. The molecule has 1 atom stereocenters. The number of carbonyl (C=O) groups is 3. The fraction of sp³-hybridized carbons (Fsp3) is 0.438. The van der Waals surface area contributed by atoms with Gasteiger partial charge in [-0.15, -0.1) is 0 Å². The molecule has 0 bridgehead atoms. The van der Waals surface area contributed by atoms with Crippen LogP contribution in [0.2, 0.25) is 15.1 Å². The molecule has 9 heteroatoms. The van der Waals surface area contributed by atoms with Crippen LogP contribution in [0.4, 0.5) is 0 Å². The number of nitrogens with one attached hydrogen (secondary N) is 1. The van der Waals surface area contributed by atoms with Gasteiger partial charge in [0.25, 0.3) is 5.91 Å². The summed E-state index contributed by atoms with van der Waals surface area (Å²) >= 11 is 17.7. The monoisotopic (exact) mass is 409 g/mol. The van der Waals surface area contributed by atoms with Crippen LogP contribution in [0.3, 0.4) is 0 Å². The van der Waals surface area contributed by atoms with Crippen LogP contribution >= 0.6 is 34.8 Å². The molecule has 0 heterocycles. The van der Waals surface area contributed by atoms with Gasteiger partial charge in [0.05, 0.1) is 27.7 Å². The minimum atomic E-state index is -0.897. The lowest BCUT2D eigenvalue weighted by molar-refractivity contribution is -0.145. The van der Waals surface area contributed by atoms with Gasteiger partial charge in [-0.1, -0.05) is 48.7 Å². The van der Waals surface area contributed by atoms with E-state index in [0.717, 1.165) is 0 Å². The highest BCUT2D eigenvalue weighted by molar-refractivity contribution is 6.46. The zero-order valence-corrected chi connectivity index (χ0v) is 16.2. The van der Waals surface area contributed by atoms with Crippen molar-refractivity contribution < 1.29 is 23.9 Å². The summed E-state index contributed by atoms with van der Waals surface area (Å²) in [7, 11) is 1.23. The minimum absolute atomic E-state index is 0.0482. The largest absolute Gasteiger partial charge is 0.467 e. The van der Waals surface area contributed by atoms with Crippen LogP contribution in [-0.2, 0) is 19.1 Å². The zero-order chi connectivity index (χ0) is 19.1. The molecular formula is C16H18Cl3NO5. The molecule has 1 rings (SSSR count). The molecule has 0 unspecified atom stereocenters. The predicted molar refractivity (Wildman–Crippen MR) is 95.2 cm³/mol. The number of halogens is 3. The quantitative estimate of drug-likeness (QED) is 0.549. The van der Waals surface area contributed by atoms with Gasteiger partial charge in [0, 0.05) is 0 Å². The van der Waals surface area contributed by atoms with E-state index in [1.54, 1.807) is 0 Å². The number of ether oxygens (including phenoxy) is 2. The topological polar surface area (TPSA) is 81.7 Å². The summed E-state index contributed by atoms with van der Waals surface area (Å²) in [5, 5.41) is 2.58. The van der Waals surface area contributed by atoms with Crippen LogP contribution in [-0.4, -0.2) is 37.6 Å². The summed E-state index contributed by atoms with van der Waals surface area (Å²) in [5.41, 5.74) is -0.129. The number of hydrogen-bond acceptors (Lipinski definition) is 5. The van der Waals surface area contributed by atoms with Gasteiger partial charge < -0.3 is 14.8 Å². The molecule has 0 saturated heterocycles. The maximum absolute atomic E-state index is 12.1. The van der Waals surface area contributed by atoms with E-state index in [1.165, 1.54) is 19.2 Å². The van der Waals surface area contributed by atoms with E-state index in [4.69, 9.17) is 39.5 Å². The minimum Gasteiger partial charge on any atom is -0.467 e. The van der Waals surface area contributed by atoms with Gasteiger partial charge in [0.1, 0.15) is 6.04 Å². The highest BCUT2D eigenvalue weighted by Crippen LogP contribution is 2.31. The van der Waals surface area contributed by atoms with Crippen molar-refractivity contribution in [1.29, 1.82) is 0 Å². The first-order valence-electron chi connectivity index (χ1n) is 7.35. The Morgan fingerprint density at radius 3 is 2.28 bits per heavy atom. The van der Waals surface area contributed by atoms with Crippen molar-refractivity contribution in [1.82, 2.24) is 5.32 Å². The van der Waals surface area contributed by atoms with Crippen LogP contribution in [0.15, 0.2) is 12.1 Å². The number of carbonyl (C=O) groups excluding carboxylic acids is 3. The molecule has 0 saturated carbocycles. The third kappa shape index (κ3) is 6.38. The molecule has 0 fully saturated rings. The molecule has 0 aromatic heterocycles. The Morgan fingerprint density at radius 2 is 1.72 bits per heavy atom. The normalized spacial score (nSPS) is 11.8. The molecule has 1 N–H and O–H groups in total. The van der Waals surface area contributed by atoms with E-state index in [-0.39, 0.29) is 26.5 Å². The average molecular weight is 411 g/mol. The summed E-state index contributed by atoms with van der Waals surface area (Å²) < 4.78 is 9.54. The Labute approximate surface area is 160 Å². The Balaban J connectivity index is 2.71. The van der Waals surface area contributed by atoms with Gasteiger partial charge in [0.15, 0.2) is 6.61 Å². The van der Waals surface area contributed by atoms with Crippen molar-refractivity contribution in [2.75, 3.05) is 13.7 Å². The Bertz CT molecular complexity index is 663. The van der Waals surface area contributed by atoms with Gasteiger partial charge in [0.2, 0.25) is 0 Å². The summed E-state index contributed by atoms with van der Waals surface area (Å²) in [6.07, 6.45) is 0.387. The molecule has 25 heavy (non-hydrogen) atoms. The van der Waals surface area contributed by atoms with Crippen LogP contribution in [0.25, 0.3) is 0 Å². The lowest BCUT2D eigenvalue weighted by Crippen LogP contribution is -2.44. The molecule has 138 valence electrons. The van der Waals surface area contributed by atoms with E-state index in [2.05, 4.69) is 10.1 Å². The van der Waals surface area contributed by atoms with Gasteiger partial charge in [-0.25, -0.2) is 9.59 Å². The van der Waals surface area contributed by atoms with E-state index >= 15 is 0 Å². The van der Waals surface area contributed by atoms with Gasteiger partial charge >= 0.3 is 11.9 Å². The van der Waals surface area contributed by atoms with Crippen molar-refractivity contribution in [3.8, 4) is 0 Å². The van der Waals surface area contributed by atoms with E-state index in [9.17, 15) is 14.4 Å². The summed E-state index contributed by atoms with van der Waals surface area (Å²) in [6, 6.07) is 2.00. The van der Waals surface area contributed by atoms with Crippen molar-refractivity contribution in [3.63, 3.8) is 0 Å². The van der Waals surface area contributed by atoms with Crippen molar-refractivity contribution >= 4 is 52.6 Å². The number of hydrogen-bond donors (Lipinski definition) is 1. The van der Waals surface area contributed by atoms with Crippen LogP contribution in [0.5, 0.6) is 0 Å². The van der Waals surface area contributed by atoms with E-state index in [0.29, 0.717) is 6.42 Å². The van der Waals surface area contributed by atoms with E-state index < -0.39 is 30.5 Å². The van der Waals surface area contributed by atoms with Crippen LogP contribution < -0.4 is 5.32 Å². The molecule has 0 radical (unpaired) electrons. The number of benzene rings is 1. The van der Waals surface area contributed by atoms with Crippen molar-refractivity contribution in [3.05, 3.63) is 32.8 Å². The maximum Gasteiger partial charge on any atom is 0.341 e. The third-order valence-corrected chi connectivity index (χ3v) is 4.23. The molecule has 0 aliphatic carbocycles. The Morgan fingerprint density at radius 1 is 1.12 bits per heavy atom. The fourth-order valence-electron chi connectivity index (χ4n) is 1.98. The maximum atomic E-state index is 12.1. The molecular weight excluding hydrogens is 393 g/mol. The van der Waals surface area contributed by atoms with Crippen LogP contribution in [0, 0.1) is 5.92 Å². The first kappa shape index (κ1) is 21.5. The smallest absolute Gasteiger partial charge is 0.341 e. The van der Waals surface area contributed by atoms with Crippen molar-refractivity contribution in [2.45, 2.75) is 26.3 Å². The number of methoxy groups -OCH3 is 1. The number of rotatable bonds is 7. The molecule has 0 aliphatic heterocycles. The number of amides is 1. The Kier molecular flexibility index (Phi) is 8.48. The van der Waals surface area contributed by atoms with Gasteiger partial charge in [-0.3, -0.25) is 4.79 Å². The molecule has 0 spiro atoms. The molecule has 1 aromatic carbocycles. The lowest BCUT2D eigenvalue weighted by atomic mass is 10.0. The highest BCUT2D eigenvalue weighted by atomic mass is 35.5. The van der Waals surface area contributed by atoms with E-state index in [1.807, 2.05) is 13.8 Å². The predicted octanol–water partition coefficient (Wildman–Crippen LogP) is 3.51. The lowest BCUT2D eigenvalue weighted by Gasteiger charge is -2.18. The van der Waals surface area contributed by atoms with Gasteiger partial charge in [-0.05, 0) is 24.5 Å². The third-order valence-electron chi connectivity index (χ3n) is 3.11. The second-order valence-corrected chi connectivity index (χ2v) is 6.76. The molecule has 1 amide bonds. The highest BCUT2D eigenvalue weighted by Gasteiger charge is 2.24. The van der Waals surface area contributed by atoms with Gasteiger partial charge in [-0.2, -0.15) is 0 Å². The summed E-state index contributed by atoms with van der Waals surface area (Å²) in [6.45, 7) is 3.18. The second-order valence-electron chi connectivity index (χ2n) is 5.57. The first-order valence-corrected chi connectivity index (χ1v) is 8.48. The first-order chi connectivity index (χ1) is 11.7. The standard InChI is InChI=1S/C16H18Cl3NO5/c1-8(2)6-11(15(22)24-3)20-12(21)7-25-16(23)13-9(17)4-5-10(18)14(13)19/h4-5,8,11H,6-7H2,1-3H3,(H,20,21)/t11-/m1/s1. The molecule has 6 nitrogen and oxygen atoms in total. The summed E-state index contributed by atoms with van der Waals surface area (Å²) in [5.74, 6) is -1.98. The van der Waals surface area contributed by atoms with Crippen LogP contribution in [0.1, 0.15) is 30.6 Å². The SMILES string of the molecule is COC(=O)[C@@H](CC(C)C)NC(=O)COC(=O)c1c(Cl)ccc(Cl)c1Cl. The number of esters is 2.